The van der Waals surface area contributed by atoms with Crippen LogP contribution in [0.3, 0.4) is 0 Å². The summed E-state index contributed by atoms with van der Waals surface area (Å²) in [6.45, 7) is 5.22. The number of halogens is 1. The van der Waals surface area contributed by atoms with E-state index in [0.717, 1.165) is 5.57 Å². The van der Waals surface area contributed by atoms with Crippen LogP contribution in [-0.2, 0) is 0 Å². The monoisotopic (exact) mass is 377 g/mol. The molecule has 6 N–H and O–H groups in total. The van der Waals surface area contributed by atoms with E-state index in [-0.39, 0.29) is 5.75 Å². The number of phenols is 1. The molecule has 1 aliphatic rings. The van der Waals surface area contributed by atoms with Gasteiger partial charge in [0.25, 0.3) is 0 Å². The van der Waals surface area contributed by atoms with Crippen LogP contribution in [-0.4, -0.2) is 11.7 Å². The first kappa shape index (κ1) is 22.0. The smallest absolute Gasteiger partial charge is 0.126 e. The highest BCUT2D eigenvalue weighted by Crippen LogP contribution is 2.26. The third-order valence-electron chi connectivity index (χ3n) is 4.06. The zero-order valence-electron chi connectivity index (χ0n) is 15.9. The highest BCUT2D eigenvalue weighted by Gasteiger charge is 2.07. The summed E-state index contributed by atoms with van der Waals surface area (Å²) in [6.07, 6.45) is 14.0. The average Bonchev–Trinajstić information content (AvgIpc) is 2.61. The highest BCUT2D eigenvalue weighted by molar-refractivity contribution is 6.30. The van der Waals surface area contributed by atoms with E-state index in [0.29, 0.717) is 28.6 Å². The summed E-state index contributed by atoms with van der Waals surface area (Å²) < 4.78 is 0. The van der Waals surface area contributed by atoms with Gasteiger partial charge in [0.2, 0.25) is 0 Å². The second-order valence-electron chi connectivity index (χ2n) is 6.33. The molecule has 26 heavy (non-hydrogen) atoms. The molecule has 0 amide bonds. The molecule has 1 heterocycles. The van der Waals surface area contributed by atoms with Gasteiger partial charge in [-0.2, -0.15) is 0 Å². The minimum atomic E-state index is 0.0446. The van der Waals surface area contributed by atoms with E-state index in [1.54, 1.807) is 18.2 Å². The zero-order valence-corrected chi connectivity index (χ0v) is 16.6. The highest BCUT2D eigenvalue weighted by atomic mass is 35.5. The van der Waals surface area contributed by atoms with Crippen molar-refractivity contribution in [2.45, 2.75) is 52.4 Å². The predicted octanol–water partition coefficient (Wildman–Crippen LogP) is 5.04. The summed E-state index contributed by atoms with van der Waals surface area (Å²) in [6, 6.07) is 4.79. The quantitative estimate of drug-likeness (QED) is 0.501. The number of dihydropyridines is 1. The fraction of sp³-hybridized carbons (Fsp3) is 0.429. The Balaban J connectivity index is 0.000000359. The second kappa shape index (κ2) is 12.3. The van der Waals surface area contributed by atoms with Gasteiger partial charge in [0.1, 0.15) is 11.6 Å². The van der Waals surface area contributed by atoms with Crippen LogP contribution >= 0.6 is 11.6 Å². The van der Waals surface area contributed by atoms with Gasteiger partial charge in [0, 0.05) is 28.4 Å². The van der Waals surface area contributed by atoms with E-state index in [1.807, 2.05) is 12.2 Å². The number of nitrogens with two attached hydrogens (primary N) is 2. The minimum absolute atomic E-state index is 0.0446. The molecule has 5 heteroatoms. The van der Waals surface area contributed by atoms with Crippen LogP contribution in [0.2, 0.25) is 5.02 Å². The van der Waals surface area contributed by atoms with Gasteiger partial charge in [-0.3, -0.25) is 0 Å². The lowest BCUT2D eigenvalue weighted by molar-refractivity contribution is 0.473. The first-order valence-corrected chi connectivity index (χ1v) is 9.73. The van der Waals surface area contributed by atoms with E-state index < -0.39 is 0 Å². The Bertz CT molecular complexity index is 645. The van der Waals surface area contributed by atoms with Crippen molar-refractivity contribution in [3.05, 3.63) is 58.4 Å². The van der Waals surface area contributed by atoms with Gasteiger partial charge >= 0.3 is 0 Å². The molecule has 0 aliphatic carbocycles. The Morgan fingerprint density at radius 1 is 1.19 bits per heavy atom. The van der Waals surface area contributed by atoms with Gasteiger partial charge in [-0.15, -0.1) is 0 Å². The van der Waals surface area contributed by atoms with Crippen LogP contribution in [0.25, 0.3) is 5.70 Å². The number of rotatable bonds is 7. The van der Waals surface area contributed by atoms with Crippen molar-refractivity contribution in [3.8, 4) is 5.75 Å². The number of hydrogen-bond acceptors (Lipinski definition) is 4. The van der Waals surface area contributed by atoms with E-state index in [4.69, 9.17) is 23.1 Å². The summed E-state index contributed by atoms with van der Waals surface area (Å²) >= 11 is 5.77. The lowest BCUT2D eigenvalue weighted by atomic mass is 10.1. The van der Waals surface area contributed by atoms with Gasteiger partial charge in [-0.25, -0.2) is 0 Å². The molecule has 0 spiro atoms. The van der Waals surface area contributed by atoms with E-state index in [2.05, 4.69) is 19.2 Å². The largest absolute Gasteiger partial charge is 0.507 e. The van der Waals surface area contributed by atoms with E-state index in [9.17, 15) is 5.11 Å². The third kappa shape index (κ3) is 7.87. The van der Waals surface area contributed by atoms with Crippen molar-refractivity contribution in [1.82, 2.24) is 5.32 Å². The molecule has 2 rings (SSSR count). The maximum absolute atomic E-state index is 9.77. The fourth-order valence-electron chi connectivity index (χ4n) is 2.52. The molecule has 0 aromatic heterocycles. The van der Waals surface area contributed by atoms with Gasteiger partial charge < -0.3 is 21.9 Å². The Morgan fingerprint density at radius 2 is 1.85 bits per heavy atom. The molecule has 144 valence electrons. The van der Waals surface area contributed by atoms with Crippen LogP contribution in [0.1, 0.15) is 57.9 Å². The normalized spacial score (nSPS) is 13.9. The second-order valence-corrected chi connectivity index (χ2v) is 6.76. The summed E-state index contributed by atoms with van der Waals surface area (Å²) in [4.78, 5) is 0. The Hall–Kier alpha value is -2.07. The van der Waals surface area contributed by atoms with Crippen molar-refractivity contribution < 1.29 is 5.11 Å². The van der Waals surface area contributed by atoms with Crippen LogP contribution in [0, 0.1) is 0 Å². The Labute approximate surface area is 162 Å². The van der Waals surface area contributed by atoms with Gasteiger partial charge in [-0.1, -0.05) is 76.1 Å². The Kier molecular flexibility index (Phi) is 10.4. The summed E-state index contributed by atoms with van der Waals surface area (Å²) in [5.74, 6) is 0.608. The van der Waals surface area contributed by atoms with Gasteiger partial charge in [0.05, 0.1) is 0 Å². The minimum Gasteiger partial charge on any atom is -0.507 e. The van der Waals surface area contributed by atoms with Crippen molar-refractivity contribution in [2.75, 3.05) is 6.54 Å². The number of benzene rings is 1. The first-order chi connectivity index (χ1) is 12.5. The van der Waals surface area contributed by atoms with Crippen molar-refractivity contribution >= 4 is 17.3 Å². The number of hydrogen-bond donors (Lipinski definition) is 4. The number of allylic oxidation sites excluding steroid dienone is 3. The predicted molar refractivity (Wildman–Crippen MR) is 113 cm³/mol. The lowest BCUT2D eigenvalue weighted by Crippen LogP contribution is -2.24. The molecule has 0 radical (unpaired) electrons. The van der Waals surface area contributed by atoms with E-state index in [1.165, 1.54) is 44.6 Å². The van der Waals surface area contributed by atoms with E-state index >= 15 is 0 Å². The number of nitrogens with one attached hydrogen (secondary N) is 1. The van der Waals surface area contributed by atoms with Crippen LogP contribution in [0.15, 0.2) is 47.8 Å². The molecule has 0 atom stereocenters. The van der Waals surface area contributed by atoms with Crippen molar-refractivity contribution in [1.29, 1.82) is 0 Å². The topological polar surface area (TPSA) is 84.3 Å². The lowest BCUT2D eigenvalue weighted by Gasteiger charge is -2.12. The summed E-state index contributed by atoms with van der Waals surface area (Å²) in [5.41, 5.74) is 13.5. The molecular formula is C21H32ClN3O. The van der Waals surface area contributed by atoms with Gasteiger partial charge in [-0.05, 0) is 24.3 Å². The molecule has 0 unspecified atom stereocenters. The molecule has 1 aromatic rings. The summed E-state index contributed by atoms with van der Waals surface area (Å²) in [7, 11) is 0. The van der Waals surface area contributed by atoms with Crippen molar-refractivity contribution in [3.63, 3.8) is 0 Å². The number of aromatic hydroxyl groups is 1. The maximum Gasteiger partial charge on any atom is 0.126 e. The van der Waals surface area contributed by atoms with Gasteiger partial charge in [0.15, 0.2) is 0 Å². The SMILES string of the molecule is CCCCCCCC.NC1=C(/C=C(\N)c2ccc(Cl)cc2O)C=CCN1. The van der Waals surface area contributed by atoms with Crippen LogP contribution in [0.4, 0.5) is 0 Å². The maximum atomic E-state index is 9.77. The molecule has 0 saturated carbocycles. The van der Waals surface area contributed by atoms with Crippen LogP contribution < -0.4 is 16.8 Å². The molecule has 4 nitrogen and oxygen atoms in total. The Morgan fingerprint density at radius 3 is 2.38 bits per heavy atom. The zero-order chi connectivity index (χ0) is 19.4. The number of phenolic OH excluding ortho intramolecular Hbond substituents is 1. The molecule has 1 aromatic carbocycles. The number of unbranched alkanes of at least 4 members (excludes halogenated alkanes) is 5. The molecule has 0 bridgehead atoms. The summed E-state index contributed by atoms with van der Waals surface area (Å²) in [5, 5.41) is 13.2. The van der Waals surface area contributed by atoms with Crippen molar-refractivity contribution in [2.24, 2.45) is 11.5 Å². The molecular weight excluding hydrogens is 346 g/mol. The molecule has 1 aliphatic heterocycles. The fourth-order valence-corrected chi connectivity index (χ4v) is 2.69. The molecule has 0 fully saturated rings. The van der Waals surface area contributed by atoms with Crippen LogP contribution in [0.5, 0.6) is 5.75 Å². The molecule has 0 saturated heterocycles. The first-order valence-electron chi connectivity index (χ1n) is 9.35. The third-order valence-corrected chi connectivity index (χ3v) is 4.29. The average molecular weight is 378 g/mol. The standard InChI is InChI=1S/C13H14ClN3O.C8H18/c14-9-3-4-10(12(18)7-9)11(15)6-8-2-1-5-17-13(8)16;1-3-5-7-8-6-4-2/h1-4,6-7,17-18H,5,15-16H2;3-8H2,1-2H3/b11-6-;.